The van der Waals surface area contributed by atoms with Crippen molar-refractivity contribution in [1.29, 1.82) is 5.26 Å². The number of benzene rings is 2. The van der Waals surface area contributed by atoms with Crippen LogP contribution in [0.5, 0.6) is 23.1 Å². The van der Waals surface area contributed by atoms with E-state index in [4.69, 9.17) is 14.2 Å². The first-order valence-corrected chi connectivity index (χ1v) is 17.9. The van der Waals surface area contributed by atoms with Gasteiger partial charge in [0.1, 0.15) is 36.0 Å². The summed E-state index contributed by atoms with van der Waals surface area (Å²) in [6, 6.07) is 11.0. The van der Waals surface area contributed by atoms with Crippen molar-refractivity contribution in [1.82, 2.24) is 34.4 Å². The minimum atomic E-state index is -3.20. The fourth-order valence-corrected chi connectivity index (χ4v) is 7.01. The maximum absolute atomic E-state index is 15.7. The van der Waals surface area contributed by atoms with Gasteiger partial charge in [-0.2, -0.15) is 10.4 Å². The predicted molar refractivity (Wildman–Crippen MR) is 198 cm³/mol. The number of halogens is 2. The molecule has 0 amide bonds. The molecule has 0 saturated carbocycles. The standard InChI is InChI=1S/C39H41F2N9O4/c1-5-52-32-17-30-36(38(54-33-12-14-48(3)21-39(33,40)41)29(32)16-28(51)10-9-27-7-6-13-49(27)4)37(25(19-42)20-43-30)47-26-8-11-31(24(2)15-26)53-35-18-34-44-22-46-50(34)23-45-35/h8-11,15,17-18,20,22-23,27,33H,5-7,12-14,16,21H2,1-4H3,(H,43,47)/b10-9+/t27-,33-/m1/s1. The van der Waals surface area contributed by atoms with Crippen LogP contribution in [0.15, 0.2) is 61.3 Å². The number of nitrogens with zero attached hydrogens (tertiary/aromatic N) is 8. The minimum Gasteiger partial charge on any atom is -0.493 e. The monoisotopic (exact) mass is 737 g/mol. The second-order valence-corrected chi connectivity index (χ2v) is 13.8. The van der Waals surface area contributed by atoms with Crippen LogP contribution in [0.2, 0.25) is 0 Å². The summed E-state index contributed by atoms with van der Waals surface area (Å²) in [4.78, 5) is 30.4. The van der Waals surface area contributed by atoms with Crippen LogP contribution < -0.4 is 19.5 Å². The molecule has 0 radical (unpaired) electrons. The minimum absolute atomic E-state index is 0.0311. The van der Waals surface area contributed by atoms with Crippen molar-refractivity contribution in [3.8, 4) is 29.2 Å². The Hall–Kier alpha value is -5.72. The lowest BCUT2D eigenvalue weighted by molar-refractivity contribution is -0.135. The van der Waals surface area contributed by atoms with Crippen molar-refractivity contribution < 1.29 is 27.8 Å². The summed E-state index contributed by atoms with van der Waals surface area (Å²) in [6.07, 6.45) is 8.12. The number of ether oxygens (including phenoxy) is 3. The van der Waals surface area contributed by atoms with Gasteiger partial charge in [-0.05, 0) is 77.2 Å². The van der Waals surface area contributed by atoms with Gasteiger partial charge in [-0.25, -0.2) is 23.3 Å². The lowest BCUT2D eigenvalue weighted by Crippen LogP contribution is -2.52. The first-order valence-electron chi connectivity index (χ1n) is 17.9. The quantitative estimate of drug-likeness (QED) is 0.144. The molecule has 0 aliphatic carbocycles. The van der Waals surface area contributed by atoms with Gasteiger partial charge in [0.25, 0.3) is 5.92 Å². The van der Waals surface area contributed by atoms with E-state index >= 15 is 8.78 Å². The van der Waals surface area contributed by atoms with E-state index in [1.54, 1.807) is 49.2 Å². The van der Waals surface area contributed by atoms with Gasteiger partial charge in [0.15, 0.2) is 17.5 Å². The molecule has 1 N–H and O–H groups in total. The van der Waals surface area contributed by atoms with Crippen LogP contribution in [-0.2, 0) is 11.2 Å². The summed E-state index contributed by atoms with van der Waals surface area (Å²) < 4.78 is 51.4. The van der Waals surface area contributed by atoms with E-state index in [0.29, 0.717) is 57.4 Å². The van der Waals surface area contributed by atoms with Gasteiger partial charge in [0, 0.05) is 55.0 Å². The van der Waals surface area contributed by atoms with Crippen LogP contribution in [0.4, 0.5) is 20.2 Å². The number of likely N-dealkylation sites (N-methyl/N-ethyl adjacent to an activating group) is 1. The number of fused-ring (bicyclic) bond motifs is 2. The van der Waals surface area contributed by atoms with Gasteiger partial charge in [-0.3, -0.25) is 14.7 Å². The molecular formula is C39H41F2N9O4. The van der Waals surface area contributed by atoms with Crippen LogP contribution in [0, 0.1) is 18.3 Å². The zero-order valence-electron chi connectivity index (χ0n) is 30.6. The first-order chi connectivity index (χ1) is 26.0. The summed E-state index contributed by atoms with van der Waals surface area (Å²) in [5, 5.41) is 18.0. The van der Waals surface area contributed by atoms with Crippen molar-refractivity contribution in [2.75, 3.05) is 45.7 Å². The zero-order valence-corrected chi connectivity index (χ0v) is 30.6. The summed E-state index contributed by atoms with van der Waals surface area (Å²) in [5.41, 5.74) is 2.99. The Kier molecular flexibility index (Phi) is 10.4. The van der Waals surface area contributed by atoms with E-state index in [1.165, 1.54) is 23.4 Å². The number of aromatic nitrogens is 5. The molecule has 54 heavy (non-hydrogen) atoms. The lowest BCUT2D eigenvalue weighted by Gasteiger charge is -2.37. The highest BCUT2D eigenvalue weighted by molar-refractivity contribution is 6.03. The number of alkyl halides is 2. The molecule has 13 nitrogen and oxygen atoms in total. The third-order valence-corrected chi connectivity index (χ3v) is 9.82. The number of rotatable bonds is 12. The van der Waals surface area contributed by atoms with E-state index in [0.717, 1.165) is 24.9 Å². The number of piperidine rings is 1. The number of allylic oxidation sites excluding steroid dienone is 1. The molecule has 5 heterocycles. The second kappa shape index (κ2) is 15.3. The van der Waals surface area contributed by atoms with Crippen molar-refractivity contribution in [3.63, 3.8) is 0 Å². The third kappa shape index (κ3) is 7.66. The molecular weight excluding hydrogens is 696 g/mol. The molecule has 3 aromatic heterocycles. The van der Waals surface area contributed by atoms with E-state index in [2.05, 4.69) is 36.3 Å². The van der Waals surface area contributed by atoms with Gasteiger partial charge < -0.3 is 24.4 Å². The number of likely N-dealkylation sites (tertiary alicyclic amines) is 2. The van der Waals surface area contributed by atoms with Crippen molar-refractivity contribution in [2.24, 2.45) is 0 Å². The number of nitriles is 1. The summed E-state index contributed by atoms with van der Waals surface area (Å²) >= 11 is 0. The number of carbonyl (C=O) groups is 1. The molecule has 7 rings (SSSR count). The highest BCUT2D eigenvalue weighted by Gasteiger charge is 2.46. The number of hydrogen-bond donors (Lipinski definition) is 1. The molecule has 280 valence electrons. The van der Waals surface area contributed by atoms with E-state index in [-0.39, 0.29) is 42.6 Å². The Balaban J connectivity index is 1.31. The lowest BCUT2D eigenvalue weighted by atomic mass is 9.98. The Morgan fingerprint density at radius 2 is 1.98 bits per heavy atom. The predicted octanol–water partition coefficient (Wildman–Crippen LogP) is 6.27. The largest absolute Gasteiger partial charge is 0.493 e. The number of pyridine rings is 1. The highest BCUT2D eigenvalue weighted by Crippen LogP contribution is 2.45. The Morgan fingerprint density at radius 3 is 2.72 bits per heavy atom. The fourth-order valence-electron chi connectivity index (χ4n) is 7.01. The molecule has 2 fully saturated rings. The smallest absolute Gasteiger partial charge is 0.296 e. The van der Waals surface area contributed by atoms with E-state index in [1.807, 2.05) is 26.1 Å². The van der Waals surface area contributed by atoms with Crippen LogP contribution >= 0.6 is 0 Å². The third-order valence-electron chi connectivity index (χ3n) is 9.82. The number of hydrogen-bond acceptors (Lipinski definition) is 12. The maximum atomic E-state index is 15.7. The number of aryl methyl sites for hydroxylation is 1. The SMILES string of the molecule is CCOc1cc2ncc(C#N)c(Nc3ccc(Oc4cc5ncnn5cn4)c(C)c3)c2c(O[C@@H]2CCN(C)CC2(F)F)c1CC(=O)/C=C/[C@H]1CCCN1C. The van der Waals surface area contributed by atoms with Crippen LogP contribution in [-0.4, -0.2) is 98.6 Å². The molecule has 2 aliphatic rings. The zero-order chi connectivity index (χ0) is 38.0. The number of nitrogens with one attached hydrogen (secondary N) is 1. The topological polar surface area (TPSA) is 143 Å². The molecule has 2 aromatic carbocycles. The van der Waals surface area contributed by atoms with Gasteiger partial charge in [0.2, 0.25) is 5.88 Å². The molecule has 5 aromatic rings. The van der Waals surface area contributed by atoms with Crippen molar-refractivity contribution >= 4 is 33.7 Å². The van der Waals surface area contributed by atoms with Gasteiger partial charge in [-0.1, -0.05) is 6.08 Å². The van der Waals surface area contributed by atoms with Gasteiger partial charge in [0.05, 0.1) is 35.3 Å². The summed E-state index contributed by atoms with van der Waals surface area (Å²) in [7, 11) is 3.66. The fraction of sp³-hybridized carbons (Fsp3) is 0.385. The van der Waals surface area contributed by atoms with E-state index < -0.39 is 18.6 Å². The van der Waals surface area contributed by atoms with Crippen LogP contribution in [0.3, 0.4) is 0 Å². The maximum Gasteiger partial charge on any atom is 0.296 e. The van der Waals surface area contributed by atoms with E-state index in [9.17, 15) is 10.1 Å². The molecule has 0 bridgehead atoms. The van der Waals surface area contributed by atoms with Gasteiger partial charge >= 0.3 is 0 Å². The molecule has 0 spiro atoms. The van der Waals surface area contributed by atoms with Gasteiger partial charge in [-0.15, -0.1) is 0 Å². The molecule has 15 heteroatoms. The Morgan fingerprint density at radius 1 is 1.13 bits per heavy atom. The average molecular weight is 738 g/mol. The van der Waals surface area contributed by atoms with Crippen molar-refractivity contribution in [3.05, 3.63) is 78.0 Å². The second-order valence-electron chi connectivity index (χ2n) is 13.8. The number of anilines is 2. The number of carbonyl (C=O) groups excluding carboxylic acids is 1. The molecule has 2 aliphatic heterocycles. The summed E-state index contributed by atoms with van der Waals surface area (Å²) in [6.45, 7) is 4.75. The highest BCUT2D eigenvalue weighted by atomic mass is 19.3. The summed E-state index contributed by atoms with van der Waals surface area (Å²) in [5.74, 6) is -2.25. The van der Waals surface area contributed by atoms with Crippen molar-refractivity contribution in [2.45, 2.75) is 57.6 Å². The first kappa shape index (κ1) is 36.6. The normalized spacial score (nSPS) is 19.0. The molecule has 0 unspecified atom stereocenters. The molecule has 2 atom stereocenters. The Labute approximate surface area is 311 Å². The van der Waals surface area contributed by atoms with Crippen LogP contribution in [0.25, 0.3) is 16.6 Å². The average Bonchev–Trinajstić information content (AvgIpc) is 3.78. The molecule has 2 saturated heterocycles. The number of ketones is 1. The Bertz CT molecular complexity index is 2270. The van der Waals surface area contributed by atoms with Crippen LogP contribution in [0.1, 0.15) is 42.9 Å².